The standard InChI is InChI=1S/C13H16F2N2O4.C9H14F2O3.C4H4I2N2.C4H5IN2/c1-9(2)21-10(18)12(5-13(14,15)6-12)7-20-11(19)17-4-3-16-8-17;1-6(2)14-7(13)8(5-12)3-9(10,11)4-8;5-4(6)8-2-1-7-3-8;5-3-7-2-1-6-4-7/h3-4,8-9H,5-7H2,1-2H3;6,12H,3-5H2,1-2H3;1-4H;1-2,4H,3H2. The van der Waals surface area contributed by atoms with E-state index in [0.29, 0.717) is 2.06 Å². The Morgan fingerprint density at radius 3 is 1.60 bits per heavy atom. The molecule has 0 bridgehead atoms. The molecular formula is C30H39F4I3N6O7. The third-order valence-corrected chi connectivity index (χ3v) is 8.95. The summed E-state index contributed by atoms with van der Waals surface area (Å²) in [6, 6.07) is 0. The zero-order valence-electron chi connectivity index (χ0n) is 27.6. The van der Waals surface area contributed by atoms with Gasteiger partial charge in [0, 0.05) is 62.9 Å². The first-order chi connectivity index (χ1) is 23.3. The Hall–Kier alpha value is -2.09. The summed E-state index contributed by atoms with van der Waals surface area (Å²) in [5.41, 5.74) is -2.84. The van der Waals surface area contributed by atoms with Crippen molar-refractivity contribution in [2.24, 2.45) is 10.8 Å². The van der Waals surface area contributed by atoms with Gasteiger partial charge in [-0.25, -0.2) is 41.9 Å². The quantitative estimate of drug-likeness (QED) is 0.0775. The number of aliphatic hydroxyl groups excluding tert-OH is 1. The number of carbonyl (C=O) groups is 3. The van der Waals surface area contributed by atoms with Gasteiger partial charge < -0.3 is 28.5 Å². The fourth-order valence-electron chi connectivity index (χ4n) is 4.56. The third kappa shape index (κ3) is 13.8. The number of aromatic nitrogens is 6. The summed E-state index contributed by atoms with van der Waals surface area (Å²) < 4.78 is 72.8. The van der Waals surface area contributed by atoms with Crippen LogP contribution < -0.4 is 0 Å². The molecule has 3 aromatic rings. The maximum absolute atomic E-state index is 13.2. The Morgan fingerprint density at radius 1 is 0.780 bits per heavy atom. The van der Waals surface area contributed by atoms with Gasteiger partial charge >= 0.3 is 18.0 Å². The molecule has 0 aromatic carbocycles. The Kier molecular flexibility index (Phi) is 17.3. The van der Waals surface area contributed by atoms with E-state index < -0.39 is 85.7 Å². The minimum absolute atomic E-state index is 0.347. The second-order valence-corrected chi connectivity index (χ2v) is 17.5. The number of alkyl halides is 7. The average molecular weight is 1050 g/mol. The van der Waals surface area contributed by atoms with E-state index in [1.54, 1.807) is 46.4 Å². The summed E-state index contributed by atoms with van der Waals surface area (Å²) in [5, 5.41) is 8.92. The SMILES string of the molecule is CC(C)OC(=O)C1(CO)CC(F)(F)C1.CC(C)OC(=O)C1(COC(=O)n2ccnc2)CC(F)(F)C1.IC(I)n1ccnc1.ICn1ccnc1. The van der Waals surface area contributed by atoms with Gasteiger partial charge in [0.15, 0.2) is 0 Å². The Morgan fingerprint density at radius 2 is 1.26 bits per heavy atom. The summed E-state index contributed by atoms with van der Waals surface area (Å²) in [7, 11) is 0. The molecule has 2 aliphatic rings. The smallest absolute Gasteiger partial charge is 0.419 e. The Balaban J connectivity index is 0.000000255. The van der Waals surface area contributed by atoms with Crippen LogP contribution in [-0.2, 0) is 28.4 Å². The minimum atomic E-state index is -2.93. The number of hydrogen-bond donors (Lipinski definition) is 1. The van der Waals surface area contributed by atoms with Gasteiger partial charge in [0.05, 0.1) is 36.0 Å². The predicted molar refractivity (Wildman–Crippen MR) is 197 cm³/mol. The summed E-state index contributed by atoms with van der Waals surface area (Å²) in [6.45, 7) is 5.51. The molecule has 3 heterocycles. The van der Waals surface area contributed by atoms with Crippen molar-refractivity contribution >= 4 is 85.8 Å². The molecule has 20 heteroatoms. The van der Waals surface area contributed by atoms with Crippen molar-refractivity contribution in [3.05, 3.63) is 56.2 Å². The number of imidazole rings is 3. The minimum Gasteiger partial charge on any atom is -0.462 e. The largest absolute Gasteiger partial charge is 0.462 e. The van der Waals surface area contributed by atoms with Gasteiger partial charge in [0.2, 0.25) is 0 Å². The predicted octanol–water partition coefficient (Wildman–Crippen LogP) is 7.07. The molecule has 13 nitrogen and oxygen atoms in total. The molecule has 0 saturated heterocycles. The van der Waals surface area contributed by atoms with E-state index in [9.17, 15) is 31.9 Å². The number of carbonyl (C=O) groups excluding carboxylic acids is 3. The molecule has 0 aliphatic heterocycles. The van der Waals surface area contributed by atoms with Crippen molar-refractivity contribution in [2.75, 3.05) is 13.2 Å². The summed E-state index contributed by atoms with van der Waals surface area (Å²) in [4.78, 5) is 46.4. The molecule has 3 aromatic heterocycles. The van der Waals surface area contributed by atoms with Crippen molar-refractivity contribution < 1.29 is 51.3 Å². The van der Waals surface area contributed by atoms with Crippen LogP contribution in [0.3, 0.4) is 0 Å². The molecule has 5 rings (SSSR count). The van der Waals surface area contributed by atoms with E-state index in [4.69, 9.17) is 19.3 Å². The highest BCUT2D eigenvalue weighted by Gasteiger charge is 2.63. The van der Waals surface area contributed by atoms with E-state index in [2.05, 4.69) is 82.7 Å². The molecule has 0 radical (unpaired) electrons. The summed E-state index contributed by atoms with van der Waals surface area (Å²) in [6.07, 6.45) is 10.9. The number of ether oxygens (including phenoxy) is 3. The maximum Gasteiger partial charge on any atom is 0.419 e. The van der Waals surface area contributed by atoms with Crippen molar-refractivity contribution in [1.29, 1.82) is 0 Å². The number of hydrogen-bond acceptors (Lipinski definition) is 10. The number of rotatable bonds is 9. The second-order valence-electron chi connectivity index (χ2n) is 12.1. The fourth-order valence-corrected chi connectivity index (χ4v) is 5.63. The normalized spacial score (nSPS) is 17.3. The zero-order chi connectivity index (χ0) is 37.8. The van der Waals surface area contributed by atoms with Crippen LogP contribution in [0.1, 0.15) is 55.4 Å². The van der Waals surface area contributed by atoms with Crippen LogP contribution in [0.15, 0.2) is 56.2 Å². The van der Waals surface area contributed by atoms with Gasteiger partial charge in [-0.3, -0.25) is 9.59 Å². The molecular weight excluding hydrogens is 1010 g/mol. The van der Waals surface area contributed by atoms with Crippen molar-refractivity contribution in [3.8, 4) is 0 Å². The number of nitrogens with zero attached hydrogens (tertiary/aromatic N) is 6. The molecule has 2 saturated carbocycles. The van der Waals surface area contributed by atoms with E-state index >= 15 is 0 Å². The first-order valence-electron chi connectivity index (χ1n) is 15.0. The molecule has 0 unspecified atom stereocenters. The molecule has 280 valence electrons. The lowest BCUT2D eigenvalue weighted by Crippen LogP contribution is -2.55. The number of esters is 2. The lowest BCUT2D eigenvalue weighted by atomic mass is 9.66. The average Bonchev–Trinajstić information content (AvgIpc) is 3.81. The van der Waals surface area contributed by atoms with E-state index in [-0.39, 0.29) is 6.10 Å². The Labute approximate surface area is 327 Å². The van der Waals surface area contributed by atoms with Gasteiger partial charge in [-0.15, -0.1) is 0 Å². The highest BCUT2D eigenvalue weighted by atomic mass is 127. The monoisotopic (exact) mass is 1050 g/mol. The molecule has 0 amide bonds. The zero-order valence-corrected chi connectivity index (χ0v) is 34.1. The molecule has 0 atom stereocenters. The van der Waals surface area contributed by atoms with Crippen molar-refractivity contribution in [1.82, 2.24) is 28.7 Å². The van der Waals surface area contributed by atoms with Gasteiger partial charge in [0.1, 0.15) is 25.8 Å². The van der Waals surface area contributed by atoms with E-state index in [1.165, 1.54) is 18.7 Å². The molecule has 2 fully saturated rings. The lowest BCUT2D eigenvalue weighted by Gasteiger charge is -2.44. The van der Waals surface area contributed by atoms with E-state index in [0.717, 1.165) is 9.12 Å². The Bertz CT molecular complexity index is 1450. The van der Waals surface area contributed by atoms with Crippen LogP contribution in [0.2, 0.25) is 0 Å². The number of aliphatic hydroxyl groups is 1. The molecule has 1 N–H and O–H groups in total. The molecule has 2 aliphatic carbocycles. The van der Waals surface area contributed by atoms with Gasteiger partial charge in [-0.05, 0) is 72.9 Å². The lowest BCUT2D eigenvalue weighted by molar-refractivity contribution is -0.209. The third-order valence-electron chi connectivity index (χ3n) is 6.88. The van der Waals surface area contributed by atoms with Crippen molar-refractivity contribution in [2.45, 2.75) is 84.0 Å². The van der Waals surface area contributed by atoms with Crippen molar-refractivity contribution in [3.63, 3.8) is 0 Å². The van der Waals surface area contributed by atoms with Crippen LogP contribution in [0.5, 0.6) is 0 Å². The first kappa shape index (κ1) is 44.1. The molecule has 50 heavy (non-hydrogen) atoms. The topological polar surface area (TPSA) is 153 Å². The number of halogens is 7. The van der Waals surface area contributed by atoms with Gasteiger partial charge in [-0.2, -0.15) is 0 Å². The maximum atomic E-state index is 13.2. The van der Waals surface area contributed by atoms with Crippen LogP contribution in [0.25, 0.3) is 0 Å². The second kappa shape index (κ2) is 19.7. The summed E-state index contributed by atoms with van der Waals surface area (Å²) >= 11 is 6.90. The molecule has 0 spiro atoms. The fraction of sp³-hybridized carbons (Fsp3) is 0.600. The van der Waals surface area contributed by atoms with Crippen LogP contribution in [-0.4, -0.2) is 89.1 Å². The summed E-state index contributed by atoms with van der Waals surface area (Å²) in [5.74, 6) is -7.25. The van der Waals surface area contributed by atoms with E-state index in [1.807, 2.05) is 27.9 Å². The van der Waals surface area contributed by atoms with Gasteiger partial charge in [0.25, 0.3) is 11.8 Å². The van der Waals surface area contributed by atoms with Gasteiger partial charge in [-0.1, -0.05) is 22.6 Å². The van der Waals surface area contributed by atoms with Crippen LogP contribution >= 0.6 is 67.8 Å². The van der Waals surface area contributed by atoms with Crippen LogP contribution in [0.4, 0.5) is 22.4 Å². The first-order valence-corrected chi connectivity index (χ1v) is 19.0. The highest BCUT2D eigenvalue weighted by Crippen LogP contribution is 2.53. The highest BCUT2D eigenvalue weighted by molar-refractivity contribution is 14.2. The van der Waals surface area contributed by atoms with Crippen LogP contribution in [0, 0.1) is 10.8 Å².